The maximum absolute atomic E-state index is 11.3. The molecule has 0 aliphatic heterocycles. The van der Waals surface area contributed by atoms with Crippen LogP contribution in [0.25, 0.3) is 0 Å². The molecule has 2 rings (SSSR count). The summed E-state index contributed by atoms with van der Waals surface area (Å²) in [5.74, 6) is 2.12. The standard InChI is InChI=1S/C12H20O2/c1-8(13)9-2-3-11-7-12(14)5-4-10(11)6-9/h9-12,14H,2-7H2,1H3. The highest BCUT2D eigenvalue weighted by Gasteiger charge is 2.36. The van der Waals surface area contributed by atoms with Crippen molar-refractivity contribution in [2.24, 2.45) is 17.8 Å². The molecule has 0 aromatic rings. The molecule has 2 saturated carbocycles. The summed E-state index contributed by atoms with van der Waals surface area (Å²) in [7, 11) is 0. The van der Waals surface area contributed by atoms with Gasteiger partial charge in [0.2, 0.25) is 0 Å². The van der Waals surface area contributed by atoms with Crippen LogP contribution in [0.15, 0.2) is 0 Å². The second-order valence-corrected chi connectivity index (χ2v) is 5.11. The number of carbonyl (C=O) groups excluding carboxylic acids is 1. The van der Waals surface area contributed by atoms with Gasteiger partial charge in [-0.1, -0.05) is 0 Å². The number of hydrogen-bond acceptors (Lipinski definition) is 2. The van der Waals surface area contributed by atoms with Crippen molar-refractivity contribution in [2.75, 3.05) is 0 Å². The largest absolute Gasteiger partial charge is 0.393 e. The number of aliphatic hydroxyl groups is 1. The van der Waals surface area contributed by atoms with Crippen LogP contribution in [0.5, 0.6) is 0 Å². The van der Waals surface area contributed by atoms with Crippen LogP contribution in [-0.2, 0) is 4.79 Å². The lowest BCUT2D eigenvalue weighted by Crippen LogP contribution is -2.34. The molecule has 2 aliphatic carbocycles. The van der Waals surface area contributed by atoms with Crippen LogP contribution in [0.1, 0.15) is 45.4 Å². The molecule has 4 unspecified atom stereocenters. The van der Waals surface area contributed by atoms with Crippen molar-refractivity contribution < 1.29 is 9.90 Å². The number of hydrogen-bond donors (Lipinski definition) is 1. The number of fused-ring (bicyclic) bond motifs is 1. The van der Waals surface area contributed by atoms with Crippen LogP contribution in [0.2, 0.25) is 0 Å². The van der Waals surface area contributed by atoms with E-state index in [9.17, 15) is 9.90 Å². The highest BCUT2D eigenvalue weighted by atomic mass is 16.3. The van der Waals surface area contributed by atoms with Gasteiger partial charge in [-0.25, -0.2) is 0 Å². The molecule has 2 aliphatic rings. The summed E-state index contributed by atoms with van der Waals surface area (Å²) in [6.45, 7) is 1.72. The summed E-state index contributed by atoms with van der Waals surface area (Å²) in [5, 5.41) is 9.56. The first kappa shape index (κ1) is 10.2. The Balaban J connectivity index is 1.94. The smallest absolute Gasteiger partial charge is 0.132 e. The van der Waals surface area contributed by atoms with Crippen LogP contribution >= 0.6 is 0 Å². The lowest BCUT2D eigenvalue weighted by molar-refractivity contribution is -0.123. The molecule has 1 N–H and O–H groups in total. The quantitative estimate of drug-likeness (QED) is 0.697. The zero-order chi connectivity index (χ0) is 10.1. The van der Waals surface area contributed by atoms with E-state index in [1.165, 1.54) is 0 Å². The van der Waals surface area contributed by atoms with Gasteiger partial charge in [-0.05, 0) is 57.3 Å². The average Bonchev–Trinajstić information content (AvgIpc) is 2.16. The van der Waals surface area contributed by atoms with E-state index in [0.717, 1.165) is 44.4 Å². The molecule has 0 amide bonds. The van der Waals surface area contributed by atoms with Crippen molar-refractivity contribution in [1.29, 1.82) is 0 Å². The van der Waals surface area contributed by atoms with E-state index in [1.54, 1.807) is 6.92 Å². The summed E-state index contributed by atoms with van der Waals surface area (Å²) >= 11 is 0. The monoisotopic (exact) mass is 196 g/mol. The highest BCUT2D eigenvalue weighted by Crippen LogP contribution is 2.42. The Morgan fingerprint density at radius 1 is 1.07 bits per heavy atom. The Labute approximate surface area is 85.7 Å². The van der Waals surface area contributed by atoms with E-state index >= 15 is 0 Å². The summed E-state index contributed by atoms with van der Waals surface area (Å²) < 4.78 is 0. The summed E-state index contributed by atoms with van der Waals surface area (Å²) in [6, 6.07) is 0. The fourth-order valence-corrected chi connectivity index (χ4v) is 3.23. The molecule has 0 heterocycles. The SMILES string of the molecule is CC(=O)C1CCC2CC(O)CCC2C1. The predicted molar refractivity (Wildman–Crippen MR) is 54.9 cm³/mol. The van der Waals surface area contributed by atoms with Gasteiger partial charge < -0.3 is 5.11 Å². The normalized spacial score (nSPS) is 43.0. The molecule has 0 bridgehead atoms. The van der Waals surface area contributed by atoms with E-state index in [2.05, 4.69) is 0 Å². The van der Waals surface area contributed by atoms with Crippen LogP contribution in [0.3, 0.4) is 0 Å². The van der Waals surface area contributed by atoms with Gasteiger partial charge >= 0.3 is 0 Å². The van der Waals surface area contributed by atoms with E-state index < -0.39 is 0 Å². The van der Waals surface area contributed by atoms with Crippen molar-refractivity contribution in [2.45, 2.75) is 51.6 Å². The Hall–Kier alpha value is -0.370. The Kier molecular flexibility index (Phi) is 2.91. The predicted octanol–water partition coefficient (Wildman–Crippen LogP) is 2.15. The topological polar surface area (TPSA) is 37.3 Å². The Morgan fingerprint density at radius 2 is 1.71 bits per heavy atom. The maximum Gasteiger partial charge on any atom is 0.132 e. The molecule has 14 heavy (non-hydrogen) atoms. The third kappa shape index (κ3) is 2.00. The molecule has 80 valence electrons. The fourth-order valence-electron chi connectivity index (χ4n) is 3.23. The maximum atomic E-state index is 11.3. The molecular formula is C12H20O2. The molecule has 0 spiro atoms. The number of carbonyl (C=O) groups is 1. The fraction of sp³-hybridized carbons (Fsp3) is 0.917. The van der Waals surface area contributed by atoms with Crippen molar-refractivity contribution >= 4 is 5.78 Å². The van der Waals surface area contributed by atoms with Gasteiger partial charge in [0, 0.05) is 5.92 Å². The van der Waals surface area contributed by atoms with E-state index in [-0.39, 0.29) is 6.10 Å². The molecule has 0 aromatic carbocycles. The van der Waals surface area contributed by atoms with Gasteiger partial charge in [-0.2, -0.15) is 0 Å². The van der Waals surface area contributed by atoms with Crippen LogP contribution in [-0.4, -0.2) is 17.0 Å². The summed E-state index contributed by atoms with van der Waals surface area (Å²) in [5.41, 5.74) is 0. The number of aliphatic hydroxyl groups excluding tert-OH is 1. The summed E-state index contributed by atoms with van der Waals surface area (Å²) in [4.78, 5) is 11.3. The number of Topliss-reactive ketones (excluding diaryl/α,β-unsaturated/α-hetero) is 1. The van der Waals surface area contributed by atoms with E-state index in [0.29, 0.717) is 17.6 Å². The minimum absolute atomic E-state index is 0.0647. The van der Waals surface area contributed by atoms with Gasteiger partial charge in [0.25, 0.3) is 0 Å². The lowest BCUT2D eigenvalue weighted by Gasteiger charge is -2.40. The Morgan fingerprint density at radius 3 is 2.43 bits per heavy atom. The molecule has 0 radical (unpaired) electrons. The third-order valence-electron chi connectivity index (χ3n) is 4.16. The lowest BCUT2D eigenvalue weighted by atomic mass is 9.66. The second kappa shape index (κ2) is 4.01. The minimum atomic E-state index is -0.0647. The van der Waals surface area contributed by atoms with E-state index in [1.807, 2.05) is 0 Å². The Bertz CT molecular complexity index is 224. The van der Waals surface area contributed by atoms with Gasteiger partial charge in [0.05, 0.1) is 6.10 Å². The highest BCUT2D eigenvalue weighted by molar-refractivity contribution is 5.78. The van der Waals surface area contributed by atoms with Crippen molar-refractivity contribution in [3.05, 3.63) is 0 Å². The van der Waals surface area contributed by atoms with Gasteiger partial charge in [-0.15, -0.1) is 0 Å². The van der Waals surface area contributed by atoms with E-state index in [4.69, 9.17) is 0 Å². The molecule has 4 atom stereocenters. The molecule has 0 saturated heterocycles. The number of rotatable bonds is 1. The van der Waals surface area contributed by atoms with Gasteiger partial charge in [0.1, 0.15) is 5.78 Å². The van der Waals surface area contributed by atoms with Crippen molar-refractivity contribution in [1.82, 2.24) is 0 Å². The first-order valence-corrected chi connectivity index (χ1v) is 5.85. The van der Waals surface area contributed by atoms with Crippen LogP contribution in [0, 0.1) is 17.8 Å². The van der Waals surface area contributed by atoms with Crippen LogP contribution < -0.4 is 0 Å². The van der Waals surface area contributed by atoms with Gasteiger partial charge in [-0.3, -0.25) is 4.79 Å². The molecule has 2 nitrogen and oxygen atoms in total. The first-order valence-electron chi connectivity index (χ1n) is 5.85. The number of ketones is 1. The third-order valence-corrected chi connectivity index (χ3v) is 4.16. The van der Waals surface area contributed by atoms with Crippen molar-refractivity contribution in [3.63, 3.8) is 0 Å². The molecule has 2 fully saturated rings. The zero-order valence-corrected chi connectivity index (χ0v) is 8.91. The zero-order valence-electron chi connectivity index (χ0n) is 8.91. The molecule has 0 aromatic heterocycles. The second-order valence-electron chi connectivity index (χ2n) is 5.11. The van der Waals surface area contributed by atoms with Gasteiger partial charge in [0.15, 0.2) is 0 Å². The molecule has 2 heteroatoms. The average molecular weight is 196 g/mol. The minimum Gasteiger partial charge on any atom is -0.393 e. The summed E-state index contributed by atoms with van der Waals surface area (Å²) in [6.07, 6.45) is 6.31. The first-order chi connectivity index (χ1) is 6.66. The molecular weight excluding hydrogens is 176 g/mol. The van der Waals surface area contributed by atoms with Crippen LogP contribution in [0.4, 0.5) is 0 Å². The van der Waals surface area contributed by atoms with Crippen molar-refractivity contribution in [3.8, 4) is 0 Å².